The Morgan fingerprint density at radius 1 is 1.36 bits per heavy atom. The molecule has 1 aromatic carbocycles. The van der Waals surface area contributed by atoms with Gasteiger partial charge in [-0.2, -0.15) is 0 Å². The average molecular weight is 187 g/mol. The van der Waals surface area contributed by atoms with Crippen LogP contribution in [0.5, 0.6) is 0 Å². The Hall–Kier alpha value is -1.57. The molecule has 0 aliphatic carbocycles. The Morgan fingerprint density at radius 3 is 2.86 bits per heavy atom. The first-order valence-corrected chi connectivity index (χ1v) is 4.84. The van der Waals surface area contributed by atoms with Crippen LogP contribution in [0, 0.1) is 6.92 Å². The van der Waals surface area contributed by atoms with Crippen molar-refractivity contribution in [3.8, 4) is 0 Å². The molecular formula is C12H13NO. The monoisotopic (exact) mass is 187 g/mol. The van der Waals surface area contributed by atoms with Gasteiger partial charge in [-0.15, -0.1) is 0 Å². The zero-order chi connectivity index (χ0) is 10.1. The van der Waals surface area contributed by atoms with Gasteiger partial charge in [-0.25, -0.2) is 0 Å². The highest BCUT2D eigenvalue weighted by atomic mass is 16.1. The molecule has 0 amide bonds. The third-order valence-corrected chi connectivity index (χ3v) is 2.60. The Bertz CT molecular complexity index is 525. The van der Waals surface area contributed by atoms with E-state index >= 15 is 0 Å². The lowest BCUT2D eigenvalue weighted by Crippen LogP contribution is -2.07. The van der Waals surface area contributed by atoms with Gasteiger partial charge in [0, 0.05) is 11.6 Å². The van der Waals surface area contributed by atoms with Crippen molar-refractivity contribution in [2.24, 2.45) is 0 Å². The molecule has 0 fully saturated rings. The molecule has 0 bridgehead atoms. The van der Waals surface area contributed by atoms with Crippen molar-refractivity contribution in [3.63, 3.8) is 0 Å². The maximum Gasteiger partial charge on any atom is 0.255 e. The van der Waals surface area contributed by atoms with Gasteiger partial charge in [0.25, 0.3) is 5.56 Å². The van der Waals surface area contributed by atoms with Crippen LogP contribution in [0.1, 0.15) is 18.1 Å². The van der Waals surface area contributed by atoms with E-state index in [4.69, 9.17) is 0 Å². The Balaban J connectivity index is 3.00. The van der Waals surface area contributed by atoms with Crippen LogP contribution in [-0.4, -0.2) is 4.98 Å². The third-order valence-electron chi connectivity index (χ3n) is 2.60. The summed E-state index contributed by atoms with van der Waals surface area (Å²) in [5, 5.41) is 1.91. The lowest BCUT2D eigenvalue weighted by molar-refractivity contribution is 1.11. The summed E-state index contributed by atoms with van der Waals surface area (Å²) in [4.78, 5) is 14.3. The quantitative estimate of drug-likeness (QED) is 0.730. The first-order valence-electron chi connectivity index (χ1n) is 4.84. The fraction of sp³-hybridized carbons (Fsp3) is 0.250. The van der Waals surface area contributed by atoms with Gasteiger partial charge in [0.05, 0.1) is 0 Å². The molecular weight excluding hydrogens is 174 g/mol. The van der Waals surface area contributed by atoms with E-state index in [1.165, 1.54) is 11.1 Å². The Kier molecular flexibility index (Phi) is 2.12. The predicted molar refractivity (Wildman–Crippen MR) is 58.7 cm³/mol. The molecule has 0 radical (unpaired) electrons. The second kappa shape index (κ2) is 3.29. The molecule has 2 aromatic rings. The molecule has 0 atom stereocenters. The molecule has 1 aromatic heterocycles. The lowest BCUT2D eigenvalue weighted by atomic mass is 10.0. The van der Waals surface area contributed by atoms with Crippen molar-refractivity contribution in [1.29, 1.82) is 0 Å². The molecule has 14 heavy (non-hydrogen) atoms. The summed E-state index contributed by atoms with van der Waals surface area (Å²) in [5.74, 6) is 0. The molecule has 1 heterocycles. The van der Waals surface area contributed by atoms with Gasteiger partial charge in [0.1, 0.15) is 0 Å². The van der Waals surface area contributed by atoms with Crippen molar-refractivity contribution in [2.75, 3.05) is 0 Å². The zero-order valence-electron chi connectivity index (χ0n) is 8.42. The van der Waals surface area contributed by atoms with Crippen LogP contribution in [-0.2, 0) is 6.42 Å². The molecule has 0 saturated carbocycles. The van der Waals surface area contributed by atoms with E-state index in [1.54, 1.807) is 0 Å². The first-order chi connectivity index (χ1) is 6.74. The molecule has 2 heteroatoms. The number of benzene rings is 1. The Morgan fingerprint density at radius 2 is 2.14 bits per heavy atom. The molecule has 0 saturated heterocycles. The number of H-pyrrole nitrogens is 1. The maximum absolute atomic E-state index is 11.5. The van der Waals surface area contributed by atoms with E-state index in [1.807, 2.05) is 31.3 Å². The third kappa shape index (κ3) is 1.23. The minimum atomic E-state index is 0.000833. The van der Waals surface area contributed by atoms with Crippen molar-refractivity contribution >= 4 is 10.8 Å². The van der Waals surface area contributed by atoms with E-state index in [9.17, 15) is 4.79 Å². The number of fused-ring (bicyclic) bond motifs is 1. The van der Waals surface area contributed by atoms with Gasteiger partial charge in [-0.05, 0) is 35.9 Å². The van der Waals surface area contributed by atoms with Gasteiger partial charge >= 0.3 is 0 Å². The number of aryl methyl sites for hydroxylation is 2. The van der Waals surface area contributed by atoms with Crippen LogP contribution in [0.25, 0.3) is 10.8 Å². The Labute approximate surface area is 82.6 Å². The lowest BCUT2D eigenvalue weighted by Gasteiger charge is -2.05. The number of hydrogen-bond donors (Lipinski definition) is 1. The van der Waals surface area contributed by atoms with Crippen LogP contribution in [0.2, 0.25) is 0 Å². The molecule has 1 N–H and O–H groups in total. The minimum Gasteiger partial charge on any atom is -0.328 e. The second-order valence-electron chi connectivity index (χ2n) is 3.49. The predicted octanol–water partition coefficient (Wildman–Crippen LogP) is 2.40. The molecule has 2 rings (SSSR count). The van der Waals surface area contributed by atoms with Gasteiger partial charge in [-0.3, -0.25) is 4.79 Å². The maximum atomic E-state index is 11.5. The number of aromatic nitrogens is 1. The number of pyridine rings is 1. The van der Waals surface area contributed by atoms with Gasteiger partial charge in [-0.1, -0.05) is 19.1 Å². The fourth-order valence-electron chi connectivity index (χ4n) is 1.86. The minimum absolute atomic E-state index is 0.000833. The van der Waals surface area contributed by atoms with E-state index in [0.29, 0.717) is 0 Å². The van der Waals surface area contributed by atoms with E-state index in [2.05, 4.69) is 11.9 Å². The molecule has 2 nitrogen and oxygen atoms in total. The fourth-order valence-corrected chi connectivity index (χ4v) is 1.86. The molecule has 0 spiro atoms. The van der Waals surface area contributed by atoms with E-state index < -0.39 is 0 Å². The van der Waals surface area contributed by atoms with E-state index in [0.717, 1.165) is 17.2 Å². The SMILES string of the molecule is CCc1c[nH]c(=O)c2cccc(C)c12. The number of aromatic amines is 1. The highest BCUT2D eigenvalue weighted by molar-refractivity contribution is 5.87. The standard InChI is InChI=1S/C12H13NO/c1-3-9-7-13-12(14)10-6-4-5-8(2)11(9)10/h4-7H,3H2,1-2H3,(H,13,14). The summed E-state index contributed by atoms with van der Waals surface area (Å²) in [6.45, 7) is 4.14. The highest BCUT2D eigenvalue weighted by Crippen LogP contribution is 2.19. The summed E-state index contributed by atoms with van der Waals surface area (Å²) in [6.07, 6.45) is 2.76. The van der Waals surface area contributed by atoms with Crippen molar-refractivity contribution in [1.82, 2.24) is 4.98 Å². The average Bonchev–Trinajstić information content (AvgIpc) is 2.20. The van der Waals surface area contributed by atoms with Crippen molar-refractivity contribution in [2.45, 2.75) is 20.3 Å². The largest absolute Gasteiger partial charge is 0.328 e. The van der Waals surface area contributed by atoms with Gasteiger partial charge in [0.2, 0.25) is 0 Å². The normalized spacial score (nSPS) is 10.7. The van der Waals surface area contributed by atoms with Gasteiger partial charge in [0.15, 0.2) is 0 Å². The van der Waals surface area contributed by atoms with Crippen LogP contribution in [0.3, 0.4) is 0 Å². The van der Waals surface area contributed by atoms with Gasteiger partial charge < -0.3 is 4.98 Å². The van der Waals surface area contributed by atoms with Crippen LogP contribution in [0.15, 0.2) is 29.2 Å². The molecule has 0 unspecified atom stereocenters. The molecule has 0 aliphatic rings. The summed E-state index contributed by atoms with van der Waals surface area (Å²) >= 11 is 0. The van der Waals surface area contributed by atoms with Crippen molar-refractivity contribution < 1.29 is 0 Å². The zero-order valence-corrected chi connectivity index (χ0v) is 8.42. The van der Waals surface area contributed by atoms with Crippen LogP contribution < -0.4 is 5.56 Å². The summed E-state index contributed by atoms with van der Waals surface area (Å²) < 4.78 is 0. The topological polar surface area (TPSA) is 32.9 Å². The summed E-state index contributed by atoms with van der Waals surface area (Å²) in [6, 6.07) is 5.84. The second-order valence-corrected chi connectivity index (χ2v) is 3.49. The van der Waals surface area contributed by atoms with Crippen LogP contribution >= 0.6 is 0 Å². The van der Waals surface area contributed by atoms with Crippen molar-refractivity contribution in [3.05, 3.63) is 45.9 Å². The van der Waals surface area contributed by atoms with Crippen LogP contribution in [0.4, 0.5) is 0 Å². The first kappa shape index (κ1) is 9.00. The number of nitrogens with one attached hydrogen (secondary N) is 1. The summed E-state index contributed by atoms with van der Waals surface area (Å²) in [7, 11) is 0. The number of hydrogen-bond acceptors (Lipinski definition) is 1. The molecule has 72 valence electrons. The smallest absolute Gasteiger partial charge is 0.255 e. The number of rotatable bonds is 1. The highest BCUT2D eigenvalue weighted by Gasteiger charge is 2.04. The molecule has 0 aliphatic heterocycles. The summed E-state index contributed by atoms with van der Waals surface area (Å²) in [5.41, 5.74) is 2.38. The van der Waals surface area contributed by atoms with E-state index in [-0.39, 0.29) is 5.56 Å².